The Labute approximate surface area is 178 Å². The number of ether oxygens (including phenoxy) is 2. The van der Waals surface area contributed by atoms with Crippen LogP contribution in [-0.2, 0) is 7.05 Å². The summed E-state index contributed by atoms with van der Waals surface area (Å²) in [6, 6.07) is 11.8. The zero-order chi connectivity index (χ0) is 22.9. The van der Waals surface area contributed by atoms with E-state index in [-0.39, 0.29) is 11.5 Å². The van der Waals surface area contributed by atoms with Crippen LogP contribution in [0.4, 0.5) is 17.6 Å². The van der Waals surface area contributed by atoms with Crippen molar-refractivity contribution in [2.24, 2.45) is 7.05 Å². The maximum Gasteiger partial charge on any atom is 0.573 e. The summed E-state index contributed by atoms with van der Waals surface area (Å²) in [7, 11) is 1.70. The summed E-state index contributed by atoms with van der Waals surface area (Å²) < 4.78 is 63.6. The average Bonchev–Trinajstić information content (AvgIpc) is 3.15. The first-order valence-electron chi connectivity index (χ1n) is 9.24. The molecule has 0 N–H and O–H groups in total. The molecule has 0 unspecified atom stereocenters. The highest BCUT2D eigenvalue weighted by molar-refractivity contribution is 5.69. The van der Waals surface area contributed by atoms with Gasteiger partial charge in [0, 0.05) is 42.3 Å². The van der Waals surface area contributed by atoms with Gasteiger partial charge < -0.3 is 9.47 Å². The summed E-state index contributed by atoms with van der Waals surface area (Å²) >= 11 is 0. The number of pyridine rings is 1. The number of benzene rings is 2. The molecule has 0 aliphatic carbocycles. The van der Waals surface area contributed by atoms with Gasteiger partial charge in [-0.3, -0.25) is 14.0 Å². The van der Waals surface area contributed by atoms with Crippen LogP contribution in [0.15, 0.2) is 78.0 Å². The van der Waals surface area contributed by atoms with Crippen molar-refractivity contribution in [1.82, 2.24) is 14.3 Å². The van der Waals surface area contributed by atoms with E-state index in [4.69, 9.17) is 4.74 Å². The number of hydrogen-bond acceptors (Lipinski definition) is 4. The average molecular weight is 445 g/mol. The van der Waals surface area contributed by atoms with Crippen molar-refractivity contribution in [2.75, 3.05) is 0 Å². The Bertz CT molecular complexity index is 1310. The number of aryl methyl sites for hydroxylation is 1. The number of aromatic nitrogens is 3. The second-order valence-electron chi connectivity index (χ2n) is 6.74. The quantitative estimate of drug-likeness (QED) is 0.403. The zero-order valence-corrected chi connectivity index (χ0v) is 16.5. The van der Waals surface area contributed by atoms with E-state index >= 15 is 0 Å². The molecule has 0 saturated heterocycles. The molecule has 164 valence electrons. The smallest absolute Gasteiger partial charge is 0.453 e. The first kappa shape index (κ1) is 21.2. The van der Waals surface area contributed by atoms with Gasteiger partial charge in [-0.15, -0.1) is 13.2 Å². The summed E-state index contributed by atoms with van der Waals surface area (Å²) in [6.45, 7) is 0. The van der Waals surface area contributed by atoms with Gasteiger partial charge >= 0.3 is 6.36 Å². The first-order valence-corrected chi connectivity index (χ1v) is 9.24. The van der Waals surface area contributed by atoms with Crippen LogP contribution in [0.25, 0.3) is 16.8 Å². The fourth-order valence-corrected chi connectivity index (χ4v) is 3.03. The van der Waals surface area contributed by atoms with E-state index in [0.717, 1.165) is 12.1 Å². The Morgan fingerprint density at radius 2 is 1.69 bits per heavy atom. The van der Waals surface area contributed by atoms with Crippen LogP contribution in [0.2, 0.25) is 0 Å². The third kappa shape index (κ3) is 4.64. The number of para-hydroxylation sites is 1. The van der Waals surface area contributed by atoms with Crippen molar-refractivity contribution in [3.63, 3.8) is 0 Å². The number of nitrogens with zero attached hydrogens (tertiary/aromatic N) is 3. The minimum Gasteiger partial charge on any atom is -0.453 e. The summed E-state index contributed by atoms with van der Waals surface area (Å²) in [5, 5.41) is 4.11. The molecule has 10 heteroatoms. The summed E-state index contributed by atoms with van der Waals surface area (Å²) in [5.41, 5.74) is 0.779. The molecule has 2 aromatic heterocycles. The lowest BCUT2D eigenvalue weighted by Crippen LogP contribution is -2.18. The van der Waals surface area contributed by atoms with E-state index in [1.807, 2.05) is 0 Å². The summed E-state index contributed by atoms with van der Waals surface area (Å²) in [4.78, 5) is 12.8. The molecular weight excluding hydrogens is 430 g/mol. The van der Waals surface area contributed by atoms with Crippen LogP contribution in [0.3, 0.4) is 0 Å². The van der Waals surface area contributed by atoms with Crippen molar-refractivity contribution in [3.8, 4) is 34.1 Å². The standard InChI is InChI=1S/C22H15F4N3O3/c1-28-12-14(11-27-28)17-13-29(15-6-8-16(9-7-15)32-22(24,25)26)21(30)10-20(17)31-19-5-3-2-4-18(19)23/h2-13H,1H3. The van der Waals surface area contributed by atoms with Gasteiger partial charge in [-0.05, 0) is 36.4 Å². The molecule has 2 heterocycles. The Kier molecular flexibility index (Phi) is 5.43. The SMILES string of the molecule is Cn1cc(-c2cn(-c3ccc(OC(F)(F)F)cc3)c(=O)cc2Oc2ccccc2F)cn1. The van der Waals surface area contributed by atoms with Crippen LogP contribution >= 0.6 is 0 Å². The maximum atomic E-state index is 14.1. The van der Waals surface area contributed by atoms with Crippen LogP contribution in [-0.4, -0.2) is 20.7 Å². The van der Waals surface area contributed by atoms with E-state index in [1.165, 1.54) is 47.2 Å². The maximum absolute atomic E-state index is 14.1. The highest BCUT2D eigenvalue weighted by Crippen LogP contribution is 2.33. The monoisotopic (exact) mass is 445 g/mol. The second-order valence-corrected chi connectivity index (χ2v) is 6.74. The fourth-order valence-electron chi connectivity index (χ4n) is 3.03. The number of rotatable bonds is 5. The highest BCUT2D eigenvalue weighted by Gasteiger charge is 2.31. The predicted molar refractivity (Wildman–Crippen MR) is 107 cm³/mol. The van der Waals surface area contributed by atoms with E-state index in [1.54, 1.807) is 30.2 Å². The molecule has 2 aromatic carbocycles. The minimum atomic E-state index is -4.82. The molecule has 0 fully saturated rings. The molecule has 0 saturated carbocycles. The molecule has 0 radical (unpaired) electrons. The number of alkyl halides is 3. The van der Waals surface area contributed by atoms with Gasteiger partial charge in [0.2, 0.25) is 0 Å². The summed E-state index contributed by atoms with van der Waals surface area (Å²) in [5.74, 6) is -0.986. The van der Waals surface area contributed by atoms with Gasteiger partial charge in [0.25, 0.3) is 5.56 Å². The molecule has 6 nitrogen and oxygen atoms in total. The topological polar surface area (TPSA) is 58.3 Å². The molecule has 4 aromatic rings. The number of hydrogen-bond donors (Lipinski definition) is 0. The lowest BCUT2D eigenvalue weighted by Gasteiger charge is -2.14. The van der Waals surface area contributed by atoms with Crippen LogP contribution in [0, 0.1) is 5.82 Å². The third-order valence-electron chi connectivity index (χ3n) is 4.44. The molecule has 0 bridgehead atoms. The molecule has 0 spiro atoms. The van der Waals surface area contributed by atoms with Crippen molar-refractivity contribution < 1.29 is 27.0 Å². The fraction of sp³-hybridized carbons (Fsp3) is 0.0909. The van der Waals surface area contributed by atoms with Crippen molar-refractivity contribution in [1.29, 1.82) is 0 Å². The highest BCUT2D eigenvalue weighted by atomic mass is 19.4. The van der Waals surface area contributed by atoms with Crippen LogP contribution in [0.1, 0.15) is 0 Å². The summed E-state index contributed by atoms with van der Waals surface area (Å²) in [6.07, 6.45) is -0.149. The lowest BCUT2D eigenvalue weighted by molar-refractivity contribution is -0.274. The minimum absolute atomic E-state index is 0.0663. The van der Waals surface area contributed by atoms with Gasteiger partial charge in [0.15, 0.2) is 11.6 Å². The molecule has 4 rings (SSSR count). The van der Waals surface area contributed by atoms with Crippen LogP contribution < -0.4 is 15.0 Å². The van der Waals surface area contributed by atoms with E-state index in [0.29, 0.717) is 16.8 Å². The Morgan fingerprint density at radius 1 is 0.969 bits per heavy atom. The Hall–Kier alpha value is -4.08. The van der Waals surface area contributed by atoms with Gasteiger partial charge in [0.05, 0.1) is 6.20 Å². The van der Waals surface area contributed by atoms with Crippen molar-refractivity contribution in [3.05, 3.63) is 89.4 Å². The Morgan fingerprint density at radius 3 is 2.31 bits per heavy atom. The van der Waals surface area contributed by atoms with Crippen molar-refractivity contribution >= 4 is 0 Å². The van der Waals surface area contributed by atoms with E-state index in [9.17, 15) is 22.4 Å². The van der Waals surface area contributed by atoms with Gasteiger partial charge in [0.1, 0.15) is 11.5 Å². The molecule has 0 aliphatic rings. The molecule has 0 atom stereocenters. The predicted octanol–water partition coefficient (Wildman–Crippen LogP) is 5.07. The number of halogens is 4. The Balaban J connectivity index is 1.78. The first-order chi connectivity index (χ1) is 15.2. The van der Waals surface area contributed by atoms with E-state index in [2.05, 4.69) is 9.84 Å². The van der Waals surface area contributed by atoms with E-state index < -0.39 is 23.5 Å². The molecular formula is C22H15F4N3O3. The van der Waals surface area contributed by atoms with Crippen LogP contribution in [0.5, 0.6) is 17.2 Å². The largest absolute Gasteiger partial charge is 0.573 e. The van der Waals surface area contributed by atoms with Gasteiger partial charge in [-0.2, -0.15) is 5.10 Å². The second kappa shape index (κ2) is 8.22. The normalized spacial score (nSPS) is 11.4. The van der Waals surface area contributed by atoms with Gasteiger partial charge in [-0.1, -0.05) is 12.1 Å². The zero-order valence-electron chi connectivity index (χ0n) is 16.5. The molecule has 32 heavy (non-hydrogen) atoms. The molecule has 0 aliphatic heterocycles. The lowest BCUT2D eigenvalue weighted by atomic mass is 10.1. The third-order valence-corrected chi connectivity index (χ3v) is 4.44. The van der Waals surface area contributed by atoms with Crippen molar-refractivity contribution in [2.45, 2.75) is 6.36 Å². The molecule has 0 amide bonds. The van der Waals surface area contributed by atoms with Gasteiger partial charge in [-0.25, -0.2) is 4.39 Å².